The van der Waals surface area contributed by atoms with E-state index in [-0.39, 0.29) is 11.9 Å². The minimum Gasteiger partial charge on any atom is -0.462 e. The summed E-state index contributed by atoms with van der Waals surface area (Å²) >= 11 is 0. The lowest BCUT2D eigenvalue weighted by Crippen LogP contribution is -2.20. The lowest BCUT2D eigenvalue weighted by Gasteiger charge is -2.18. The summed E-state index contributed by atoms with van der Waals surface area (Å²) in [5.41, 5.74) is 1.14. The standard InChI is InChI=1S/C34H62O4/c1-3-5-7-9-11-13-15-17-19-21-25-29-37-33(35)31-27-23-24-28-32(31)34(36)38-30-26-22-20-18-16-14-12-10-8-6-4-2/h3-30H2,1-2H3. The van der Waals surface area contributed by atoms with E-state index in [0.717, 1.165) is 38.5 Å². The number of unbranched alkanes of at least 4 members (excludes halogenated alkanes) is 20. The van der Waals surface area contributed by atoms with Crippen LogP contribution in [0.3, 0.4) is 0 Å². The van der Waals surface area contributed by atoms with Gasteiger partial charge in [0, 0.05) is 11.1 Å². The first-order valence-electron chi connectivity index (χ1n) is 16.8. The van der Waals surface area contributed by atoms with Crippen LogP contribution in [0.25, 0.3) is 0 Å². The molecule has 0 aromatic carbocycles. The summed E-state index contributed by atoms with van der Waals surface area (Å²) in [5.74, 6) is -0.586. The molecule has 38 heavy (non-hydrogen) atoms. The van der Waals surface area contributed by atoms with Crippen LogP contribution in [0.5, 0.6) is 0 Å². The molecule has 0 atom stereocenters. The van der Waals surface area contributed by atoms with Gasteiger partial charge in [0.1, 0.15) is 0 Å². The van der Waals surface area contributed by atoms with Crippen LogP contribution >= 0.6 is 0 Å². The van der Waals surface area contributed by atoms with Crippen molar-refractivity contribution in [2.24, 2.45) is 0 Å². The Morgan fingerprint density at radius 1 is 0.447 bits per heavy atom. The molecule has 0 unspecified atom stereocenters. The van der Waals surface area contributed by atoms with Crippen LogP contribution in [0.4, 0.5) is 0 Å². The maximum Gasteiger partial charge on any atom is 0.334 e. The van der Waals surface area contributed by atoms with Gasteiger partial charge in [-0.3, -0.25) is 0 Å². The van der Waals surface area contributed by atoms with Crippen LogP contribution in [0.15, 0.2) is 11.1 Å². The lowest BCUT2D eigenvalue weighted by molar-refractivity contribution is -0.143. The van der Waals surface area contributed by atoms with E-state index in [1.54, 1.807) is 0 Å². The Kier molecular flexibility index (Phi) is 23.7. The third-order valence-corrected chi connectivity index (χ3v) is 7.92. The Morgan fingerprint density at radius 3 is 1.00 bits per heavy atom. The van der Waals surface area contributed by atoms with Crippen molar-refractivity contribution in [2.75, 3.05) is 13.2 Å². The Hall–Kier alpha value is -1.32. The molecule has 0 bridgehead atoms. The first-order valence-corrected chi connectivity index (χ1v) is 16.8. The number of hydrogen-bond acceptors (Lipinski definition) is 4. The summed E-state index contributed by atoms with van der Waals surface area (Å²) < 4.78 is 11.1. The van der Waals surface area contributed by atoms with Crippen molar-refractivity contribution in [3.05, 3.63) is 11.1 Å². The number of hydrogen-bond donors (Lipinski definition) is 0. The molecule has 4 nitrogen and oxygen atoms in total. The molecule has 0 N–H and O–H groups in total. The lowest BCUT2D eigenvalue weighted by atomic mass is 9.91. The highest BCUT2D eigenvalue weighted by Crippen LogP contribution is 2.27. The minimum absolute atomic E-state index is 0.293. The molecular weight excluding hydrogens is 472 g/mol. The highest BCUT2D eigenvalue weighted by molar-refractivity contribution is 6.00. The summed E-state index contributed by atoms with van der Waals surface area (Å²) in [6.07, 6.45) is 31.2. The summed E-state index contributed by atoms with van der Waals surface area (Å²) in [5, 5.41) is 0. The molecule has 0 spiro atoms. The molecule has 0 fully saturated rings. The predicted octanol–water partition coefficient (Wildman–Crippen LogP) is 10.6. The first-order chi connectivity index (χ1) is 18.7. The fourth-order valence-electron chi connectivity index (χ4n) is 5.39. The van der Waals surface area contributed by atoms with Gasteiger partial charge in [-0.1, -0.05) is 142 Å². The van der Waals surface area contributed by atoms with Gasteiger partial charge in [-0.05, 0) is 38.5 Å². The average Bonchev–Trinajstić information content (AvgIpc) is 2.94. The van der Waals surface area contributed by atoms with Crippen molar-refractivity contribution in [2.45, 2.75) is 181 Å². The quantitative estimate of drug-likeness (QED) is 0.0818. The van der Waals surface area contributed by atoms with Crippen LogP contribution in [0, 0.1) is 0 Å². The normalized spacial score (nSPS) is 13.6. The van der Waals surface area contributed by atoms with E-state index in [1.807, 2.05) is 0 Å². The molecule has 222 valence electrons. The van der Waals surface area contributed by atoms with Crippen molar-refractivity contribution in [3.8, 4) is 0 Å². The Bertz CT molecular complexity index is 558. The average molecular weight is 535 g/mol. The van der Waals surface area contributed by atoms with Gasteiger partial charge in [-0.15, -0.1) is 0 Å². The van der Waals surface area contributed by atoms with Gasteiger partial charge in [0.25, 0.3) is 0 Å². The number of rotatable bonds is 26. The minimum atomic E-state index is -0.293. The summed E-state index contributed by atoms with van der Waals surface area (Å²) in [4.78, 5) is 25.4. The van der Waals surface area contributed by atoms with E-state index in [4.69, 9.17) is 9.47 Å². The summed E-state index contributed by atoms with van der Waals surface area (Å²) in [6, 6.07) is 0. The Labute approximate surface area is 236 Å². The second kappa shape index (κ2) is 25.9. The smallest absolute Gasteiger partial charge is 0.334 e. The van der Waals surface area contributed by atoms with Crippen LogP contribution < -0.4 is 0 Å². The zero-order chi connectivity index (χ0) is 27.5. The van der Waals surface area contributed by atoms with E-state index in [0.29, 0.717) is 37.2 Å². The third kappa shape index (κ3) is 18.9. The summed E-state index contributed by atoms with van der Waals surface area (Å²) in [6.45, 7) is 5.44. The zero-order valence-corrected chi connectivity index (χ0v) is 25.4. The van der Waals surface area contributed by atoms with Crippen molar-refractivity contribution in [1.29, 1.82) is 0 Å². The SMILES string of the molecule is CCCCCCCCCCCCCOC(=O)C1=C(C(=O)OCCCCCCCCCCCCC)CCCC1. The molecule has 0 aromatic heterocycles. The van der Waals surface area contributed by atoms with E-state index < -0.39 is 0 Å². The van der Waals surface area contributed by atoms with E-state index in [1.165, 1.54) is 116 Å². The molecular formula is C34H62O4. The third-order valence-electron chi connectivity index (χ3n) is 7.92. The van der Waals surface area contributed by atoms with Gasteiger partial charge < -0.3 is 9.47 Å². The second-order valence-electron chi connectivity index (χ2n) is 11.5. The highest BCUT2D eigenvalue weighted by atomic mass is 16.5. The maximum absolute atomic E-state index is 12.7. The van der Waals surface area contributed by atoms with Gasteiger partial charge in [-0.25, -0.2) is 9.59 Å². The van der Waals surface area contributed by atoms with E-state index >= 15 is 0 Å². The molecule has 0 saturated heterocycles. The summed E-state index contributed by atoms with van der Waals surface area (Å²) in [7, 11) is 0. The Balaban J connectivity index is 2.11. The topological polar surface area (TPSA) is 52.6 Å². The van der Waals surface area contributed by atoms with Crippen molar-refractivity contribution in [1.82, 2.24) is 0 Å². The number of ether oxygens (including phenoxy) is 2. The van der Waals surface area contributed by atoms with E-state index in [9.17, 15) is 9.59 Å². The van der Waals surface area contributed by atoms with Gasteiger partial charge in [0.05, 0.1) is 13.2 Å². The van der Waals surface area contributed by atoms with Crippen molar-refractivity contribution >= 4 is 11.9 Å². The van der Waals surface area contributed by atoms with E-state index in [2.05, 4.69) is 13.8 Å². The molecule has 0 heterocycles. The molecule has 0 aromatic rings. The van der Waals surface area contributed by atoms with Crippen molar-refractivity contribution in [3.63, 3.8) is 0 Å². The van der Waals surface area contributed by atoms with Gasteiger partial charge in [0.15, 0.2) is 0 Å². The fourth-order valence-corrected chi connectivity index (χ4v) is 5.39. The molecule has 1 aliphatic rings. The second-order valence-corrected chi connectivity index (χ2v) is 11.5. The maximum atomic E-state index is 12.7. The van der Waals surface area contributed by atoms with Crippen LogP contribution in [0.1, 0.15) is 181 Å². The number of carbonyl (C=O) groups is 2. The molecule has 0 aliphatic heterocycles. The largest absolute Gasteiger partial charge is 0.462 e. The van der Waals surface area contributed by atoms with Crippen molar-refractivity contribution < 1.29 is 19.1 Å². The molecule has 1 rings (SSSR count). The molecule has 1 aliphatic carbocycles. The first kappa shape index (κ1) is 34.7. The van der Waals surface area contributed by atoms with Crippen LogP contribution in [-0.2, 0) is 19.1 Å². The number of esters is 2. The predicted molar refractivity (Wildman–Crippen MR) is 160 cm³/mol. The monoisotopic (exact) mass is 534 g/mol. The van der Waals surface area contributed by atoms with Crippen LogP contribution in [-0.4, -0.2) is 25.2 Å². The van der Waals surface area contributed by atoms with Gasteiger partial charge >= 0.3 is 11.9 Å². The molecule has 4 heteroatoms. The number of carbonyl (C=O) groups excluding carboxylic acids is 2. The molecule has 0 amide bonds. The molecule has 0 radical (unpaired) electrons. The van der Waals surface area contributed by atoms with Gasteiger partial charge in [0.2, 0.25) is 0 Å². The van der Waals surface area contributed by atoms with Gasteiger partial charge in [-0.2, -0.15) is 0 Å². The molecule has 0 saturated carbocycles. The fraction of sp³-hybridized carbons (Fsp3) is 0.882. The van der Waals surface area contributed by atoms with Crippen LogP contribution in [0.2, 0.25) is 0 Å². The zero-order valence-electron chi connectivity index (χ0n) is 25.4. The highest BCUT2D eigenvalue weighted by Gasteiger charge is 2.25. The Morgan fingerprint density at radius 2 is 0.711 bits per heavy atom.